The third-order valence-electron chi connectivity index (χ3n) is 3.92. The van der Waals surface area contributed by atoms with E-state index in [1.165, 1.54) is 0 Å². The highest BCUT2D eigenvalue weighted by Crippen LogP contribution is 2.18. The Morgan fingerprint density at radius 3 is 2.67 bits per heavy atom. The van der Waals surface area contributed by atoms with Crippen LogP contribution in [0.25, 0.3) is 10.9 Å². The van der Waals surface area contributed by atoms with Gasteiger partial charge in [0, 0.05) is 50.2 Å². The molecule has 2 heterocycles. The van der Waals surface area contributed by atoms with Crippen LogP contribution in [0.4, 0.5) is 0 Å². The van der Waals surface area contributed by atoms with Crippen molar-refractivity contribution in [2.75, 3.05) is 38.6 Å². The van der Waals surface area contributed by atoms with E-state index in [4.69, 9.17) is 11.6 Å². The molecule has 3 rings (SSSR count). The van der Waals surface area contributed by atoms with Crippen molar-refractivity contribution in [2.45, 2.75) is 0 Å². The summed E-state index contributed by atoms with van der Waals surface area (Å²) in [6.45, 7) is 4.16. The van der Waals surface area contributed by atoms with Crippen LogP contribution < -0.4 is 0 Å². The van der Waals surface area contributed by atoms with Gasteiger partial charge in [0.1, 0.15) is 0 Å². The zero-order valence-corrected chi connectivity index (χ0v) is 12.6. The molecule has 5 heteroatoms. The van der Waals surface area contributed by atoms with Crippen molar-refractivity contribution in [1.82, 2.24) is 14.8 Å². The van der Waals surface area contributed by atoms with Crippen molar-refractivity contribution in [1.29, 1.82) is 0 Å². The lowest BCUT2D eigenvalue weighted by Gasteiger charge is -2.34. The maximum Gasteiger partial charge on any atom is 0.256 e. The molecule has 1 aromatic carbocycles. The topological polar surface area (TPSA) is 36.4 Å². The quantitative estimate of drug-likeness (QED) is 0.816. The number of benzene rings is 1. The average molecular weight is 304 g/mol. The fourth-order valence-corrected chi connectivity index (χ4v) is 2.98. The standard InChI is InChI=1S/C16H18ClN3O/c17-6-8-19-9-11-20(12-10-19)16(21)14-5-1-3-13-4-2-7-18-15(13)14/h1-5,7H,6,8-12H2. The van der Waals surface area contributed by atoms with E-state index in [1.54, 1.807) is 6.20 Å². The van der Waals surface area contributed by atoms with Crippen LogP contribution in [0.1, 0.15) is 10.4 Å². The first-order valence-corrected chi connectivity index (χ1v) is 7.74. The molecule has 0 aliphatic carbocycles. The Kier molecular flexibility index (Phi) is 4.36. The van der Waals surface area contributed by atoms with Crippen LogP contribution in [-0.2, 0) is 0 Å². The fourth-order valence-electron chi connectivity index (χ4n) is 2.74. The third kappa shape index (κ3) is 3.01. The number of alkyl halides is 1. The SMILES string of the molecule is O=C(c1cccc2cccnc12)N1CCN(CCCl)CC1. The molecule has 0 unspecified atom stereocenters. The summed E-state index contributed by atoms with van der Waals surface area (Å²) in [5.74, 6) is 0.714. The first-order chi connectivity index (χ1) is 10.3. The van der Waals surface area contributed by atoms with Crippen molar-refractivity contribution < 1.29 is 4.79 Å². The lowest BCUT2D eigenvalue weighted by molar-refractivity contribution is 0.0646. The van der Waals surface area contributed by atoms with Gasteiger partial charge in [-0.25, -0.2) is 0 Å². The number of rotatable bonds is 3. The smallest absolute Gasteiger partial charge is 0.256 e. The zero-order chi connectivity index (χ0) is 14.7. The number of piperazine rings is 1. The van der Waals surface area contributed by atoms with E-state index in [2.05, 4.69) is 9.88 Å². The molecule has 1 aliphatic heterocycles. The first kappa shape index (κ1) is 14.3. The highest BCUT2D eigenvalue weighted by atomic mass is 35.5. The van der Waals surface area contributed by atoms with Crippen LogP contribution in [0.5, 0.6) is 0 Å². The fraction of sp³-hybridized carbons (Fsp3) is 0.375. The Morgan fingerprint density at radius 1 is 1.14 bits per heavy atom. The Labute approximate surface area is 129 Å². The molecule has 0 saturated carbocycles. The summed E-state index contributed by atoms with van der Waals surface area (Å²) >= 11 is 5.76. The Hall–Kier alpha value is -1.65. The predicted molar refractivity (Wildman–Crippen MR) is 84.8 cm³/mol. The summed E-state index contributed by atoms with van der Waals surface area (Å²) in [6, 6.07) is 9.64. The van der Waals surface area contributed by atoms with Gasteiger partial charge < -0.3 is 4.90 Å². The number of carbonyl (C=O) groups excluding carboxylic acids is 1. The van der Waals surface area contributed by atoms with E-state index in [0.717, 1.165) is 43.6 Å². The number of halogens is 1. The lowest BCUT2D eigenvalue weighted by Crippen LogP contribution is -2.49. The Morgan fingerprint density at radius 2 is 1.90 bits per heavy atom. The van der Waals surface area contributed by atoms with Crippen molar-refractivity contribution in [3.8, 4) is 0 Å². The summed E-state index contributed by atoms with van der Waals surface area (Å²) < 4.78 is 0. The highest BCUT2D eigenvalue weighted by Gasteiger charge is 2.23. The number of hydrogen-bond donors (Lipinski definition) is 0. The van der Waals surface area contributed by atoms with E-state index in [0.29, 0.717) is 11.4 Å². The number of nitrogens with zero attached hydrogens (tertiary/aromatic N) is 3. The van der Waals surface area contributed by atoms with Crippen LogP contribution in [0, 0.1) is 0 Å². The van der Waals surface area contributed by atoms with Gasteiger partial charge in [0.2, 0.25) is 0 Å². The van der Waals surface area contributed by atoms with Crippen LogP contribution in [0.2, 0.25) is 0 Å². The number of para-hydroxylation sites is 1. The molecule has 0 N–H and O–H groups in total. The van der Waals surface area contributed by atoms with E-state index < -0.39 is 0 Å². The maximum atomic E-state index is 12.7. The van der Waals surface area contributed by atoms with E-state index >= 15 is 0 Å². The number of carbonyl (C=O) groups is 1. The molecule has 0 atom stereocenters. The van der Waals surface area contributed by atoms with Crippen LogP contribution >= 0.6 is 11.6 Å². The third-order valence-corrected chi connectivity index (χ3v) is 4.09. The normalized spacial score (nSPS) is 16.3. The van der Waals surface area contributed by atoms with Crippen molar-refractivity contribution in [3.63, 3.8) is 0 Å². The Bertz CT molecular complexity index is 633. The molecule has 1 fully saturated rings. The van der Waals surface area contributed by atoms with Crippen molar-refractivity contribution in [3.05, 3.63) is 42.1 Å². The molecule has 1 aliphatic rings. The van der Waals surface area contributed by atoms with Gasteiger partial charge in [-0.2, -0.15) is 0 Å². The molecule has 2 aromatic rings. The van der Waals surface area contributed by atoms with E-state index in [1.807, 2.05) is 35.2 Å². The van der Waals surface area contributed by atoms with Gasteiger partial charge in [-0.05, 0) is 12.1 Å². The molecule has 0 bridgehead atoms. The number of aromatic nitrogens is 1. The van der Waals surface area contributed by atoms with E-state index in [-0.39, 0.29) is 5.91 Å². The van der Waals surface area contributed by atoms with Gasteiger partial charge in [-0.1, -0.05) is 18.2 Å². The minimum atomic E-state index is 0.0739. The summed E-state index contributed by atoms with van der Waals surface area (Å²) in [5, 5.41) is 1.00. The second-order valence-corrected chi connectivity index (χ2v) is 5.58. The maximum absolute atomic E-state index is 12.7. The molecule has 1 aromatic heterocycles. The summed E-state index contributed by atoms with van der Waals surface area (Å²) in [5.41, 5.74) is 1.48. The van der Waals surface area contributed by atoms with Gasteiger partial charge in [-0.15, -0.1) is 11.6 Å². The van der Waals surface area contributed by atoms with Crippen molar-refractivity contribution >= 4 is 28.4 Å². The number of fused-ring (bicyclic) bond motifs is 1. The molecule has 21 heavy (non-hydrogen) atoms. The monoisotopic (exact) mass is 303 g/mol. The molecular formula is C16H18ClN3O. The summed E-state index contributed by atoms with van der Waals surface area (Å²) in [4.78, 5) is 21.3. The van der Waals surface area contributed by atoms with Crippen LogP contribution in [0.15, 0.2) is 36.5 Å². The minimum absolute atomic E-state index is 0.0739. The molecule has 0 radical (unpaired) electrons. The summed E-state index contributed by atoms with van der Waals surface area (Å²) in [7, 11) is 0. The highest BCUT2D eigenvalue weighted by molar-refractivity contribution is 6.18. The number of amides is 1. The zero-order valence-electron chi connectivity index (χ0n) is 11.8. The van der Waals surface area contributed by atoms with Gasteiger partial charge >= 0.3 is 0 Å². The predicted octanol–water partition coefficient (Wildman–Crippen LogP) is 2.23. The first-order valence-electron chi connectivity index (χ1n) is 7.21. The second-order valence-electron chi connectivity index (χ2n) is 5.20. The molecule has 1 saturated heterocycles. The van der Waals surface area contributed by atoms with E-state index in [9.17, 15) is 4.79 Å². The van der Waals surface area contributed by atoms with Crippen molar-refractivity contribution in [2.24, 2.45) is 0 Å². The van der Waals surface area contributed by atoms with Gasteiger partial charge in [0.05, 0.1) is 11.1 Å². The Balaban J connectivity index is 1.79. The average Bonchev–Trinajstić information content (AvgIpc) is 2.55. The molecule has 1 amide bonds. The van der Waals surface area contributed by atoms with Gasteiger partial charge in [-0.3, -0.25) is 14.7 Å². The lowest BCUT2D eigenvalue weighted by atomic mass is 10.1. The molecule has 4 nitrogen and oxygen atoms in total. The van der Waals surface area contributed by atoms with Gasteiger partial charge in [0.25, 0.3) is 5.91 Å². The largest absolute Gasteiger partial charge is 0.336 e. The second kappa shape index (κ2) is 6.41. The van der Waals surface area contributed by atoms with Gasteiger partial charge in [0.15, 0.2) is 0 Å². The molecule has 110 valence electrons. The van der Waals surface area contributed by atoms with Crippen LogP contribution in [0.3, 0.4) is 0 Å². The van der Waals surface area contributed by atoms with Crippen LogP contribution in [-0.4, -0.2) is 59.3 Å². The minimum Gasteiger partial charge on any atom is -0.336 e. The number of hydrogen-bond acceptors (Lipinski definition) is 3. The molecular weight excluding hydrogens is 286 g/mol. The number of pyridine rings is 1. The molecule has 0 spiro atoms. The summed E-state index contributed by atoms with van der Waals surface area (Å²) in [6.07, 6.45) is 1.73.